The highest BCUT2D eigenvalue weighted by Gasteiger charge is 2.20. The molecule has 0 saturated carbocycles. The van der Waals surface area contributed by atoms with E-state index in [-0.39, 0.29) is 0 Å². The number of imidazole rings is 1. The molecule has 4 heteroatoms. The maximum atomic E-state index is 5.26. The molecule has 1 aliphatic rings. The van der Waals surface area contributed by atoms with Gasteiger partial charge in [-0.3, -0.25) is 0 Å². The second kappa shape index (κ2) is 4.61. The molecule has 1 N–H and O–H groups in total. The van der Waals surface area contributed by atoms with Crippen molar-refractivity contribution in [1.82, 2.24) is 14.9 Å². The van der Waals surface area contributed by atoms with Crippen molar-refractivity contribution in [3.8, 4) is 5.75 Å². The Labute approximate surface area is 107 Å². The monoisotopic (exact) mass is 245 g/mol. The molecule has 0 unspecified atom stereocenters. The first-order valence-electron chi connectivity index (χ1n) is 6.55. The van der Waals surface area contributed by atoms with Gasteiger partial charge < -0.3 is 14.6 Å². The Morgan fingerprint density at radius 1 is 1.44 bits per heavy atom. The second-order valence-electron chi connectivity index (χ2n) is 4.86. The second-order valence-corrected chi connectivity index (χ2v) is 4.86. The van der Waals surface area contributed by atoms with Crippen LogP contribution in [0.2, 0.25) is 0 Å². The normalized spacial score (nSPS) is 15.9. The van der Waals surface area contributed by atoms with Crippen molar-refractivity contribution in [3.63, 3.8) is 0 Å². The average Bonchev–Trinajstić information content (AvgIpc) is 2.69. The summed E-state index contributed by atoms with van der Waals surface area (Å²) in [5, 5.41) is 3.31. The lowest BCUT2D eigenvalue weighted by Crippen LogP contribution is -2.43. The Balaban J connectivity index is 2.01. The SMILES string of the molecule is CCn1c(CC2CNC2)nc2cc(OC)ccc21. The fourth-order valence-electron chi connectivity index (χ4n) is 2.55. The maximum Gasteiger partial charge on any atom is 0.121 e. The number of nitrogens with zero attached hydrogens (tertiary/aromatic N) is 2. The molecule has 0 amide bonds. The molecule has 0 atom stereocenters. The van der Waals surface area contributed by atoms with E-state index in [1.54, 1.807) is 7.11 Å². The van der Waals surface area contributed by atoms with Gasteiger partial charge in [0.2, 0.25) is 0 Å². The van der Waals surface area contributed by atoms with E-state index in [9.17, 15) is 0 Å². The smallest absolute Gasteiger partial charge is 0.121 e. The van der Waals surface area contributed by atoms with E-state index >= 15 is 0 Å². The molecule has 0 bridgehead atoms. The lowest BCUT2D eigenvalue weighted by atomic mass is 9.99. The summed E-state index contributed by atoms with van der Waals surface area (Å²) in [7, 11) is 1.69. The number of ether oxygens (including phenoxy) is 1. The lowest BCUT2D eigenvalue weighted by molar-refractivity contribution is 0.338. The van der Waals surface area contributed by atoms with Crippen LogP contribution in [0.1, 0.15) is 12.7 Å². The van der Waals surface area contributed by atoms with Crippen molar-refractivity contribution >= 4 is 11.0 Å². The largest absolute Gasteiger partial charge is 0.497 e. The standard InChI is InChI=1S/C14H19N3O/c1-3-17-13-5-4-11(18-2)7-12(13)16-14(17)6-10-8-15-9-10/h4-5,7,10,15H,3,6,8-9H2,1-2H3. The van der Waals surface area contributed by atoms with Crippen molar-refractivity contribution < 1.29 is 4.74 Å². The minimum atomic E-state index is 0.744. The Morgan fingerprint density at radius 2 is 2.28 bits per heavy atom. The number of hydrogen-bond donors (Lipinski definition) is 1. The number of rotatable bonds is 4. The van der Waals surface area contributed by atoms with Crippen molar-refractivity contribution in [1.29, 1.82) is 0 Å². The van der Waals surface area contributed by atoms with Crippen LogP contribution in [0, 0.1) is 5.92 Å². The van der Waals surface area contributed by atoms with Crippen LogP contribution in [-0.2, 0) is 13.0 Å². The third-order valence-corrected chi connectivity index (χ3v) is 3.69. The number of hydrogen-bond acceptors (Lipinski definition) is 3. The third kappa shape index (κ3) is 1.86. The Hall–Kier alpha value is -1.55. The van der Waals surface area contributed by atoms with Gasteiger partial charge in [0.1, 0.15) is 11.6 Å². The zero-order chi connectivity index (χ0) is 12.5. The van der Waals surface area contributed by atoms with Crippen LogP contribution in [0.5, 0.6) is 5.75 Å². The summed E-state index contributed by atoms with van der Waals surface area (Å²) in [6, 6.07) is 6.13. The molecule has 1 aromatic heterocycles. The molecule has 1 fully saturated rings. The molecule has 18 heavy (non-hydrogen) atoms. The van der Waals surface area contributed by atoms with Gasteiger partial charge in [-0.15, -0.1) is 0 Å². The van der Waals surface area contributed by atoms with Gasteiger partial charge in [0.05, 0.1) is 18.1 Å². The molecular formula is C14H19N3O. The van der Waals surface area contributed by atoms with Crippen molar-refractivity contribution in [2.24, 2.45) is 5.92 Å². The van der Waals surface area contributed by atoms with Crippen LogP contribution in [0.3, 0.4) is 0 Å². The molecule has 0 aliphatic carbocycles. The molecular weight excluding hydrogens is 226 g/mol. The predicted molar refractivity (Wildman–Crippen MR) is 72.0 cm³/mol. The Kier molecular flexibility index (Phi) is 2.96. The molecule has 3 rings (SSSR count). The van der Waals surface area contributed by atoms with E-state index in [2.05, 4.69) is 22.9 Å². The predicted octanol–water partition coefficient (Wildman–Crippen LogP) is 1.83. The van der Waals surface area contributed by atoms with Crippen LogP contribution in [0.4, 0.5) is 0 Å². The number of aryl methyl sites for hydroxylation is 1. The highest BCUT2D eigenvalue weighted by Crippen LogP contribution is 2.23. The van der Waals surface area contributed by atoms with Crippen molar-refractivity contribution in [2.45, 2.75) is 19.9 Å². The van der Waals surface area contributed by atoms with E-state index in [4.69, 9.17) is 9.72 Å². The average molecular weight is 245 g/mol. The molecule has 1 aromatic carbocycles. The summed E-state index contributed by atoms with van der Waals surface area (Å²) in [5.74, 6) is 2.82. The molecule has 4 nitrogen and oxygen atoms in total. The molecule has 96 valence electrons. The van der Waals surface area contributed by atoms with E-state index in [0.29, 0.717) is 0 Å². The number of benzene rings is 1. The molecule has 2 heterocycles. The topological polar surface area (TPSA) is 39.1 Å². The summed E-state index contributed by atoms with van der Waals surface area (Å²) in [6.45, 7) is 5.39. The van der Waals surface area contributed by atoms with Gasteiger partial charge in [-0.2, -0.15) is 0 Å². The summed E-state index contributed by atoms with van der Waals surface area (Å²) < 4.78 is 7.57. The number of nitrogens with one attached hydrogen (secondary N) is 1. The van der Waals surface area contributed by atoms with Gasteiger partial charge >= 0.3 is 0 Å². The van der Waals surface area contributed by atoms with Gasteiger partial charge in [0.15, 0.2) is 0 Å². The fraction of sp³-hybridized carbons (Fsp3) is 0.500. The first-order valence-corrected chi connectivity index (χ1v) is 6.55. The van der Waals surface area contributed by atoms with E-state index in [1.165, 1.54) is 11.3 Å². The van der Waals surface area contributed by atoms with Crippen LogP contribution >= 0.6 is 0 Å². The quantitative estimate of drug-likeness (QED) is 0.893. The number of fused-ring (bicyclic) bond motifs is 1. The molecule has 0 radical (unpaired) electrons. The third-order valence-electron chi connectivity index (χ3n) is 3.69. The van der Waals surface area contributed by atoms with Crippen LogP contribution in [-0.4, -0.2) is 29.8 Å². The van der Waals surface area contributed by atoms with Gasteiger partial charge in [0, 0.05) is 19.0 Å². The number of methoxy groups -OCH3 is 1. The van der Waals surface area contributed by atoms with E-state index < -0.39 is 0 Å². The summed E-state index contributed by atoms with van der Waals surface area (Å²) in [5.41, 5.74) is 2.25. The van der Waals surface area contributed by atoms with Crippen LogP contribution in [0.15, 0.2) is 18.2 Å². The van der Waals surface area contributed by atoms with E-state index in [1.807, 2.05) is 12.1 Å². The Bertz CT molecular complexity index is 557. The minimum absolute atomic E-state index is 0.744. The van der Waals surface area contributed by atoms with Crippen molar-refractivity contribution in [2.75, 3.05) is 20.2 Å². The summed E-state index contributed by atoms with van der Waals surface area (Å²) >= 11 is 0. The maximum absolute atomic E-state index is 5.26. The highest BCUT2D eigenvalue weighted by atomic mass is 16.5. The van der Waals surface area contributed by atoms with Gasteiger partial charge in [-0.1, -0.05) is 0 Å². The summed E-state index contributed by atoms with van der Waals surface area (Å²) in [6.07, 6.45) is 1.07. The minimum Gasteiger partial charge on any atom is -0.497 e. The lowest BCUT2D eigenvalue weighted by Gasteiger charge is -2.26. The van der Waals surface area contributed by atoms with Gasteiger partial charge in [0.25, 0.3) is 0 Å². The van der Waals surface area contributed by atoms with Gasteiger partial charge in [-0.25, -0.2) is 4.98 Å². The van der Waals surface area contributed by atoms with E-state index in [0.717, 1.165) is 43.2 Å². The Morgan fingerprint density at radius 3 is 2.89 bits per heavy atom. The zero-order valence-electron chi connectivity index (χ0n) is 10.9. The van der Waals surface area contributed by atoms with Crippen molar-refractivity contribution in [3.05, 3.63) is 24.0 Å². The molecule has 0 spiro atoms. The number of aromatic nitrogens is 2. The zero-order valence-corrected chi connectivity index (χ0v) is 10.9. The molecule has 1 aliphatic heterocycles. The van der Waals surface area contributed by atoms with Crippen LogP contribution in [0.25, 0.3) is 11.0 Å². The first kappa shape index (κ1) is 11.5. The van der Waals surface area contributed by atoms with Crippen LogP contribution < -0.4 is 10.1 Å². The highest BCUT2D eigenvalue weighted by molar-refractivity contribution is 5.77. The van der Waals surface area contributed by atoms with Gasteiger partial charge in [-0.05, 0) is 38.1 Å². The fourth-order valence-corrected chi connectivity index (χ4v) is 2.55. The molecule has 1 saturated heterocycles. The molecule has 2 aromatic rings. The first-order chi connectivity index (χ1) is 8.81. The summed E-state index contributed by atoms with van der Waals surface area (Å²) in [4.78, 5) is 4.77.